The van der Waals surface area contributed by atoms with Crippen LogP contribution in [0.1, 0.15) is 13.3 Å². The molecule has 6 heteroatoms. The molecule has 0 heterocycles. The fraction of sp³-hybridized carbons (Fsp3) is 1.00. The summed E-state index contributed by atoms with van der Waals surface area (Å²) in [5, 5.41) is 25.2. The van der Waals surface area contributed by atoms with Crippen molar-refractivity contribution >= 4 is 0 Å². The van der Waals surface area contributed by atoms with E-state index in [0.717, 1.165) is 13.0 Å². The van der Waals surface area contributed by atoms with E-state index in [1.807, 2.05) is 0 Å². The van der Waals surface area contributed by atoms with Crippen LogP contribution in [0.2, 0.25) is 0 Å². The summed E-state index contributed by atoms with van der Waals surface area (Å²) in [4.78, 5) is 0. The summed E-state index contributed by atoms with van der Waals surface area (Å²) in [6.45, 7) is 4.13. The van der Waals surface area contributed by atoms with Crippen molar-refractivity contribution in [2.24, 2.45) is 11.5 Å². The van der Waals surface area contributed by atoms with Gasteiger partial charge in [-0.05, 0) is 26.4 Å². The van der Waals surface area contributed by atoms with E-state index in [2.05, 4.69) is 10.6 Å². The molecule has 0 aromatic carbocycles. The number of aliphatic hydroxyl groups excluding tert-OH is 2. The second-order valence-electron chi connectivity index (χ2n) is 3.89. The smallest absolute Gasteiger partial charge is 0.0681 e. The van der Waals surface area contributed by atoms with Gasteiger partial charge in [0.15, 0.2) is 0 Å². The van der Waals surface area contributed by atoms with E-state index >= 15 is 0 Å². The zero-order chi connectivity index (χ0) is 12.4. The van der Waals surface area contributed by atoms with Gasteiger partial charge in [0.2, 0.25) is 0 Å². The minimum Gasteiger partial charge on any atom is -0.395 e. The molecule has 0 aromatic heterocycles. The van der Waals surface area contributed by atoms with Crippen LogP contribution >= 0.6 is 0 Å². The van der Waals surface area contributed by atoms with Gasteiger partial charge >= 0.3 is 0 Å². The highest BCUT2D eigenvalue weighted by atomic mass is 16.3. The highest BCUT2D eigenvalue weighted by molar-refractivity contribution is 4.85. The Kier molecular flexibility index (Phi) is 9.80. The van der Waals surface area contributed by atoms with Crippen molar-refractivity contribution in [1.82, 2.24) is 10.6 Å². The molecule has 0 bridgehead atoms. The Morgan fingerprint density at radius 3 is 2.25 bits per heavy atom. The summed E-state index contributed by atoms with van der Waals surface area (Å²) in [6, 6.07) is -0.385. The Labute approximate surface area is 97.4 Å². The van der Waals surface area contributed by atoms with E-state index in [1.54, 1.807) is 6.92 Å². The van der Waals surface area contributed by atoms with E-state index in [4.69, 9.17) is 11.5 Å². The summed E-state index contributed by atoms with van der Waals surface area (Å²) in [7, 11) is 0. The molecule has 0 aliphatic rings. The minimum absolute atomic E-state index is 0.0301. The molecule has 0 aliphatic carbocycles. The highest BCUT2D eigenvalue weighted by Crippen LogP contribution is 2.00. The van der Waals surface area contributed by atoms with Gasteiger partial charge < -0.3 is 32.3 Å². The first-order valence-electron chi connectivity index (χ1n) is 5.83. The van der Waals surface area contributed by atoms with Crippen LogP contribution in [0.25, 0.3) is 0 Å². The second-order valence-corrected chi connectivity index (χ2v) is 3.89. The standard InChI is InChI=1S/C10H26N4O2/c1-8(16)10(14-6-4-12)9(7-15)13-5-2-3-11/h8-10,13-16H,2-7,11-12H2,1H3. The minimum atomic E-state index is -0.547. The van der Waals surface area contributed by atoms with E-state index in [0.29, 0.717) is 19.6 Å². The fourth-order valence-corrected chi connectivity index (χ4v) is 1.59. The predicted molar refractivity (Wildman–Crippen MR) is 65.1 cm³/mol. The van der Waals surface area contributed by atoms with Gasteiger partial charge in [-0.15, -0.1) is 0 Å². The van der Waals surface area contributed by atoms with E-state index in [9.17, 15) is 10.2 Å². The topological polar surface area (TPSA) is 117 Å². The summed E-state index contributed by atoms with van der Waals surface area (Å²) in [6.07, 6.45) is 0.300. The number of nitrogens with two attached hydrogens (primary N) is 2. The van der Waals surface area contributed by atoms with E-state index in [1.165, 1.54) is 0 Å². The van der Waals surface area contributed by atoms with Crippen molar-refractivity contribution in [3.05, 3.63) is 0 Å². The second kappa shape index (κ2) is 9.95. The van der Waals surface area contributed by atoms with Gasteiger partial charge in [-0.3, -0.25) is 0 Å². The SMILES string of the molecule is CC(O)C(NCCN)C(CO)NCCCN. The van der Waals surface area contributed by atoms with Crippen molar-refractivity contribution in [1.29, 1.82) is 0 Å². The van der Waals surface area contributed by atoms with Gasteiger partial charge in [0.25, 0.3) is 0 Å². The maximum absolute atomic E-state index is 9.62. The number of rotatable bonds is 10. The van der Waals surface area contributed by atoms with Gasteiger partial charge in [0.1, 0.15) is 0 Å². The molecule has 0 saturated carbocycles. The summed E-state index contributed by atoms with van der Waals surface area (Å²) < 4.78 is 0. The number of aliphatic hydroxyl groups is 2. The van der Waals surface area contributed by atoms with Gasteiger partial charge in [-0.2, -0.15) is 0 Å². The molecule has 6 nitrogen and oxygen atoms in total. The summed E-state index contributed by atoms with van der Waals surface area (Å²) in [5.74, 6) is 0. The van der Waals surface area contributed by atoms with Crippen molar-refractivity contribution in [3.8, 4) is 0 Å². The lowest BCUT2D eigenvalue weighted by Crippen LogP contribution is -2.56. The molecule has 3 atom stereocenters. The molecule has 16 heavy (non-hydrogen) atoms. The van der Waals surface area contributed by atoms with Crippen LogP contribution in [0, 0.1) is 0 Å². The molecule has 98 valence electrons. The molecule has 0 aromatic rings. The number of hydrogen-bond donors (Lipinski definition) is 6. The van der Waals surface area contributed by atoms with Crippen LogP contribution < -0.4 is 22.1 Å². The highest BCUT2D eigenvalue weighted by Gasteiger charge is 2.23. The molecular weight excluding hydrogens is 208 g/mol. The quantitative estimate of drug-likeness (QED) is 0.234. The summed E-state index contributed by atoms with van der Waals surface area (Å²) in [5.41, 5.74) is 10.8. The fourth-order valence-electron chi connectivity index (χ4n) is 1.59. The largest absolute Gasteiger partial charge is 0.395 e. The lowest BCUT2D eigenvalue weighted by molar-refractivity contribution is 0.100. The van der Waals surface area contributed by atoms with Crippen LogP contribution in [0.4, 0.5) is 0 Å². The first kappa shape index (κ1) is 15.8. The average Bonchev–Trinajstić information content (AvgIpc) is 2.26. The van der Waals surface area contributed by atoms with Gasteiger partial charge in [0.05, 0.1) is 18.8 Å². The molecule has 8 N–H and O–H groups in total. The molecule has 0 fully saturated rings. The molecule has 0 saturated heterocycles. The molecule has 3 unspecified atom stereocenters. The molecule has 0 spiro atoms. The van der Waals surface area contributed by atoms with Gasteiger partial charge in [-0.1, -0.05) is 0 Å². The number of hydrogen-bond acceptors (Lipinski definition) is 6. The first-order chi connectivity index (χ1) is 7.67. The monoisotopic (exact) mass is 234 g/mol. The van der Waals surface area contributed by atoms with Crippen molar-refractivity contribution in [2.45, 2.75) is 31.5 Å². The van der Waals surface area contributed by atoms with Crippen LogP contribution in [-0.4, -0.2) is 61.2 Å². The third-order valence-corrected chi connectivity index (χ3v) is 2.46. The van der Waals surface area contributed by atoms with Crippen molar-refractivity contribution < 1.29 is 10.2 Å². The molecule has 0 aliphatic heterocycles. The zero-order valence-electron chi connectivity index (χ0n) is 10.0. The Bertz CT molecular complexity index is 158. The van der Waals surface area contributed by atoms with Crippen LogP contribution in [0.3, 0.4) is 0 Å². The van der Waals surface area contributed by atoms with Gasteiger partial charge in [-0.25, -0.2) is 0 Å². The molecular formula is C10H26N4O2. The van der Waals surface area contributed by atoms with Crippen molar-refractivity contribution in [2.75, 3.05) is 32.8 Å². The van der Waals surface area contributed by atoms with Crippen LogP contribution in [0.5, 0.6) is 0 Å². The predicted octanol–water partition coefficient (Wildman–Crippen LogP) is -2.42. The van der Waals surface area contributed by atoms with Crippen LogP contribution in [0.15, 0.2) is 0 Å². The maximum atomic E-state index is 9.62. The Morgan fingerprint density at radius 2 is 1.81 bits per heavy atom. The lowest BCUT2D eigenvalue weighted by Gasteiger charge is -2.29. The molecule has 0 radical (unpaired) electrons. The zero-order valence-corrected chi connectivity index (χ0v) is 10.0. The molecule has 0 amide bonds. The van der Waals surface area contributed by atoms with E-state index < -0.39 is 6.10 Å². The maximum Gasteiger partial charge on any atom is 0.0681 e. The first-order valence-corrected chi connectivity index (χ1v) is 5.83. The Morgan fingerprint density at radius 1 is 1.12 bits per heavy atom. The third-order valence-electron chi connectivity index (χ3n) is 2.46. The third kappa shape index (κ3) is 6.37. The average molecular weight is 234 g/mol. The summed E-state index contributed by atoms with van der Waals surface area (Å²) >= 11 is 0. The molecule has 0 rings (SSSR count). The Balaban J connectivity index is 4.11. The normalized spacial score (nSPS) is 17.1. The Hall–Kier alpha value is -0.240. The lowest BCUT2D eigenvalue weighted by atomic mass is 10.0. The van der Waals surface area contributed by atoms with Gasteiger partial charge in [0, 0.05) is 19.1 Å². The van der Waals surface area contributed by atoms with Crippen molar-refractivity contribution in [3.63, 3.8) is 0 Å². The number of nitrogens with one attached hydrogen (secondary N) is 2. The van der Waals surface area contributed by atoms with Crippen LogP contribution in [-0.2, 0) is 0 Å². The van der Waals surface area contributed by atoms with E-state index in [-0.39, 0.29) is 18.7 Å².